The fraction of sp³-hybridized carbons (Fsp3) is 0.654. The summed E-state index contributed by atoms with van der Waals surface area (Å²) in [4.78, 5) is 11.6. The van der Waals surface area contributed by atoms with Crippen LogP contribution < -0.4 is 0 Å². The zero-order valence-electron chi connectivity index (χ0n) is 18.8. The molecule has 4 heteroatoms. The minimum Gasteiger partial charge on any atom is -0.479 e. The summed E-state index contributed by atoms with van der Waals surface area (Å²) < 4.78 is 0. The molecule has 170 valence electrons. The first-order valence-corrected chi connectivity index (χ1v) is 11.8. The maximum absolute atomic E-state index is 11.6. The van der Waals surface area contributed by atoms with Crippen molar-refractivity contribution in [2.45, 2.75) is 109 Å². The van der Waals surface area contributed by atoms with E-state index in [2.05, 4.69) is 19.1 Å². The second kappa shape index (κ2) is 16.1. The molecule has 0 saturated heterocycles. The third kappa shape index (κ3) is 10.9. The molecule has 4 nitrogen and oxygen atoms in total. The quantitative estimate of drug-likeness (QED) is 0.191. The fourth-order valence-electron chi connectivity index (χ4n) is 3.73. The molecule has 0 fully saturated rings. The summed E-state index contributed by atoms with van der Waals surface area (Å²) in [6, 6.07) is 8.68. The Kier molecular flexibility index (Phi) is 14.2. The lowest BCUT2D eigenvalue weighted by atomic mass is 9.88. The van der Waals surface area contributed by atoms with Gasteiger partial charge >= 0.3 is 5.97 Å². The highest BCUT2D eigenvalue weighted by Crippen LogP contribution is 2.28. The van der Waals surface area contributed by atoms with Crippen LogP contribution in [0.25, 0.3) is 0 Å². The Balaban J connectivity index is 2.06. The summed E-state index contributed by atoms with van der Waals surface area (Å²) in [5, 5.41) is 30.0. The first-order valence-electron chi connectivity index (χ1n) is 11.8. The molecule has 0 bridgehead atoms. The summed E-state index contributed by atoms with van der Waals surface area (Å²) in [5.74, 6) is -1.17. The number of carboxylic acids is 1. The van der Waals surface area contributed by atoms with Gasteiger partial charge in [-0.15, -0.1) is 0 Å². The van der Waals surface area contributed by atoms with E-state index in [0.717, 1.165) is 57.8 Å². The van der Waals surface area contributed by atoms with E-state index in [1.165, 1.54) is 19.3 Å². The molecule has 0 aliphatic heterocycles. The molecule has 0 amide bonds. The zero-order valence-corrected chi connectivity index (χ0v) is 18.8. The lowest BCUT2D eigenvalue weighted by molar-refractivity contribution is -0.160. The van der Waals surface area contributed by atoms with Gasteiger partial charge in [-0.25, -0.2) is 4.79 Å². The maximum atomic E-state index is 11.6. The average Bonchev–Trinajstić information content (AvgIpc) is 2.75. The van der Waals surface area contributed by atoms with Gasteiger partial charge in [0.05, 0.1) is 6.10 Å². The van der Waals surface area contributed by atoms with Gasteiger partial charge in [0, 0.05) is 0 Å². The van der Waals surface area contributed by atoms with Crippen LogP contribution in [0.3, 0.4) is 0 Å². The van der Waals surface area contributed by atoms with Gasteiger partial charge in [0.1, 0.15) is 0 Å². The van der Waals surface area contributed by atoms with Crippen LogP contribution in [0.2, 0.25) is 0 Å². The zero-order chi connectivity index (χ0) is 22.1. The predicted molar refractivity (Wildman–Crippen MR) is 123 cm³/mol. The van der Waals surface area contributed by atoms with Crippen molar-refractivity contribution in [3.05, 3.63) is 48.0 Å². The molecule has 1 rings (SSSR count). The number of allylic oxidation sites excluding steroid dienone is 1. The number of aliphatic hydroxyl groups is 2. The van der Waals surface area contributed by atoms with E-state index in [-0.39, 0.29) is 12.5 Å². The number of rotatable bonds is 18. The molecule has 0 aromatic heterocycles. The number of carboxylic acid groups (broad SMARTS) is 1. The van der Waals surface area contributed by atoms with Gasteiger partial charge in [-0.1, -0.05) is 101 Å². The molecule has 0 saturated carbocycles. The molecule has 1 aromatic rings. The number of unbranched alkanes of at least 4 members (excludes halogenated alkanes) is 9. The molecular formula is C26H42O4. The number of hydrogen-bond acceptors (Lipinski definition) is 3. The molecule has 1 unspecified atom stereocenters. The number of benzene rings is 1. The van der Waals surface area contributed by atoms with Crippen LogP contribution in [-0.4, -0.2) is 27.4 Å². The van der Waals surface area contributed by atoms with Crippen LogP contribution >= 0.6 is 0 Å². The van der Waals surface area contributed by atoms with E-state index in [9.17, 15) is 20.1 Å². The van der Waals surface area contributed by atoms with Gasteiger partial charge in [-0.05, 0) is 44.1 Å². The van der Waals surface area contributed by atoms with Crippen LogP contribution in [0, 0.1) is 0 Å². The largest absolute Gasteiger partial charge is 0.479 e. The number of aliphatic carboxylic acids is 1. The monoisotopic (exact) mass is 418 g/mol. The summed E-state index contributed by atoms with van der Waals surface area (Å²) in [6.45, 7) is 2.20. The van der Waals surface area contributed by atoms with Crippen molar-refractivity contribution in [3.63, 3.8) is 0 Å². The van der Waals surface area contributed by atoms with Crippen molar-refractivity contribution < 1.29 is 20.1 Å². The topological polar surface area (TPSA) is 77.8 Å². The first kappa shape index (κ1) is 26.4. The number of hydrogen-bond donors (Lipinski definition) is 3. The lowest BCUT2D eigenvalue weighted by Gasteiger charge is -2.23. The molecule has 3 N–H and O–H groups in total. The van der Waals surface area contributed by atoms with Crippen molar-refractivity contribution >= 4 is 5.97 Å². The number of aliphatic hydroxyl groups excluding tert-OH is 1. The average molecular weight is 419 g/mol. The second-order valence-corrected chi connectivity index (χ2v) is 8.40. The Labute approximate surface area is 183 Å². The molecular weight excluding hydrogens is 376 g/mol. The standard InChI is InChI=1S/C26H42O4/c1-2-3-4-15-20-24(27)21-16-10-8-6-5-7-9-11-17-22-26(30,25(28)29)23-18-13-12-14-19-23/h10,12-14,16,18-19,24,27,30H,2-9,11,15,17,20-22H2,1H3,(H,28,29)/t24-,26?/m1/s1. The highest BCUT2D eigenvalue weighted by atomic mass is 16.4. The van der Waals surface area contributed by atoms with Gasteiger partial charge in [0.15, 0.2) is 5.60 Å². The van der Waals surface area contributed by atoms with Crippen molar-refractivity contribution in [3.8, 4) is 0 Å². The Morgan fingerprint density at radius 2 is 1.57 bits per heavy atom. The van der Waals surface area contributed by atoms with Gasteiger partial charge in [-0.3, -0.25) is 0 Å². The van der Waals surface area contributed by atoms with Crippen LogP contribution in [0.15, 0.2) is 42.5 Å². The fourth-order valence-corrected chi connectivity index (χ4v) is 3.73. The van der Waals surface area contributed by atoms with Crippen LogP contribution in [-0.2, 0) is 10.4 Å². The molecule has 0 heterocycles. The van der Waals surface area contributed by atoms with Crippen LogP contribution in [0.5, 0.6) is 0 Å². The molecule has 0 aliphatic rings. The third-order valence-corrected chi connectivity index (χ3v) is 5.73. The van der Waals surface area contributed by atoms with E-state index in [1.807, 2.05) is 6.07 Å². The van der Waals surface area contributed by atoms with Gasteiger partial charge < -0.3 is 15.3 Å². The van der Waals surface area contributed by atoms with E-state index in [1.54, 1.807) is 24.3 Å². The van der Waals surface area contributed by atoms with E-state index in [0.29, 0.717) is 12.0 Å². The summed E-state index contributed by atoms with van der Waals surface area (Å²) in [5.41, 5.74) is -1.33. The highest BCUT2D eigenvalue weighted by molar-refractivity contribution is 5.79. The predicted octanol–water partition coefficient (Wildman–Crippen LogP) is 6.36. The van der Waals surface area contributed by atoms with Crippen LogP contribution in [0.1, 0.15) is 102 Å². The van der Waals surface area contributed by atoms with Crippen molar-refractivity contribution in [2.75, 3.05) is 0 Å². The maximum Gasteiger partial charge on any atom is 0.340 e. The SMILES string of the molecule is CCCCCC[C@@H](O)CC=CCCCCCCCCC(O)(C(=O)O)c1ccccc1. The van der Waals surface area contributed by atoms with Gasteiger partial charge in [0.2, 0.25) is 0 Å². The molecule has 0 radical (unpaired) electrons. The summed E-state index contributed by atoms with van der Waals surface area (Å²) >= 11 is 0. The lowest BCUT2D eigenvalue weighted by Crippen LogP contribution is -2.35. The third-order valence-electron chi connectivity index (χ3n) is 5.73. The number of carbonyl (C=O) groups is 1. The second-order valence-electron chi connectivity index (χ2n) is 8.40. The molecule has 30 heavy (non-hydrogen) atoms. The normalized spacial score (nSPS) is 14.6. The first-order chi connectivity index (χ1) is 14.5. The van der Waals surface area contributed by atoms with Gasteiger partial charge in [-0.2, -0.15) is 0 Å². The Morgan fingerprint density at radius 1 is 0.933 bits per heavy atom. The summed E-state index contributed by atoms with van der Waals surface area (Å²) in [7, 11) is 0. The Bertz CT molecular complexity index is 584. The van der Waals surface area contributed by atoms with Crippen LogP contribution in [0.4, 0.5) is 0 Å². The molecule has 1 aromatic carbocycles. The van der Waals surface area contributed by atoms with E-state index >= 15 is 0 Å². The minimum atomic E-state index is -1.79. The minimum absolute atomic E-state index is 0.196. The molecule has 2 atom stereocenters. The van der Waals surface area contributed by atoms with Crippen molar-refractivity contribution in [1.82, 2.24) is 0 Å². The van der Waals surface area contributed by atoms with E-state index in [4.69, 9.17) is 0 Å². The van der Waals surface area contributed by atoms with Crippen molar-refractivity contribution in [1.29, 1.82) is 0 Å². The van der Waals surface area contributed by atoms with Crippen molar-refractivity contribution in [2.24, 2.45) is 0 Å². The Hall–Kier alpha value is -1.65. The highest BCUT2D eigenvalue weighted by Gasteiger charge is 2.37. The molecule has 0 spiro atoms. The molecule has 0 aliphatic carbocycles. The Morgan fingerprint density at radius 3 is 2.23 bits per heavy atom. The summed E-state index contributed by atoms with van der Waals surface area (Å²) in [6.07, 6.45) is 18.0. The van der Waals surface area contributed by atoms with E-state index < -0.39 is 11.6 Å². The smallest absolute Gasteiger partial charge is 0.340 e. The van der Waals surface area contributed by atoms with Gasteiger partial charge in [0.25, 0.3) is 0 Å².